The third kappa shape index (κ3) is 3.44. The number of ether oxygens (including phenoxy) is 1. The summed E-state index contributed by atoms with van der Waals surface area (Å²) in [6, 6.07) is 7.29. The van der Waals surface area contributed by atoms with Gasteiger partial charge in [-0.3, -0.25) is 4.79 Å². The summed E-state index contributed by atoms with van der Waals surface area (Å²) >= 11 is 4.99. The first-order chi connectivity index (χ1) is 8.95. The van der Waals surface area contributed by atoms with Crippen molar-refractivity contribution >= 4 is 28.8 Å². The molecule has 1 amide bonds. The number of carbonyl (C=O) groups is 1. The van der Waals surface area contributed by atoms with Crippen molar-refractivity contribution in [2.75, 3.05) is 11.9 Å². The van der Waals surface area contributed by atoms with Gasteiger partial charge in [0.15, 0.2) is 0 Å². The van der Waals surface area contributed by atoms with E-state index in [4.69, 9.17) is 22.7 Å². The van der Waals surface area contributed by atoms with Crippen molar-refractivity contribution in [1.29, 1.82) is 0 Å². The minimum atomic E-state index is -0.853. The fourth-order valence-electron chi connectivity index (χ4n) is 1.56. The number of carbonyl (C=O) groups excluding carboxylic acids is 1. The van der Waals surface area contributed by atoms with Crippen molar-refractivity contribution in [3.05, 3.63) is 24.3 Å². The lowest BCUT2D eigenvalue weighted by molar-refractivity contribution is -0.121. The number of nitrogens with two attached hydrogens (primary N) is 1. The first kappa shape index (κ1) is 15.4. The second-order valence-electron chi connectivity index (χ2n) is 4.43. The van der Waals surface area contributed by atoms with Gasteiger partial charge in [0.1, 0.15) is 5.75 Å². The Bertz CT molecular complexity index is 476. The van der Waals surface area contributed by atoms with E-state index in [0.717, 1.165) is 0 Å². The van der Waals surface area contributed by atoms with E-state index in [9.17, 15) is 4.79 Å². The lowest BCUT2D eigenvalue weighted by Crippen LogP contribution is -2.43. The van der Waals surface area contributed by atoms with Gasteiger partial charge < -0.3 is 15.8 Å². The largest absolute Gasteiger partial charge is 0.492 e. The topological polar surface area (TPSA) is 64.3 Å². The van der Waals surface area contributed by atoms with Crippen LogP contribution in [-0.4, -0.2) is 17.5 Å². The van der Waals surface area contributed by atoms with Crippen LogP contribution in [0.2, 0.25) is 0 Å². The molecule has 1 aromatic rings. The average molecular weight is 280 g/mol. The van der Waals surface area contributed by atoms with E-state index in [1.807, 2.05) is 32.0 Å². The van der Waals surface area contributed by atoms with Crippen LogP contribution in [0.4, 0.5) is 5.69 Å². The van der Waals surface area contributed by atoms with Gasteiger partial charge in [-0.25, -0.2) is 0 Å². The smallest absolute Gasteiger partial charge is 0.237 e. The summed E-state index contributed by atoms with van der Waals surface area (Å²) in [4.78, 5) is 12.5. The van der Waals surface area contributed by atoms with Gasteiger partial charge in [0.25, 0.3) is 0 Å². The van der Waals surface area contributed by atoms with E-state index in [1.54, 1.807) is 13.0 Å². The SMILES string of the molecule is CCOc1ccccc1NC(=O)C(C)(CC)C(N)=S. The normalized spacial score (nSPS) is 13.4. The number of hydrogen-bond donors (Lipinski definition) is 2. The van der Waals surface area contributed by atoms with Crippen LogP contribution < -0.4 is 15.8 Å². The van der Waals surface area contributed by atoms with E-state index < -0.39 is 5.41 Å². The summed E-state index contributed by atoms with van der Waals surface area (Å²) in [7, 11) is 0. The number of para-hydroxylation sites is 2. The quantitative estimate of drug-likeness (QED) is 0.786. The van der Waals surface area contributed by atoms with Crippen molar-refractivity contribution in [3.63, 3.8) is 0 Å². The molecule has 4 nitrogen and oxygen atoms in total. The molecule has 1 atom stereocenters. The van der Waals surface area contributed by atoms with Crippen LogP contribution in [0, 0.1) is 5.41 Å². The molecule has 1 unspecified atom stereocenters. The van der Waals surface area contributed by atoms with Crippen LogP contribution in [0.5, 0.6) is 5.75 Å². The molecule has 0 aliphatic carbocycles. The van der Waals surface area contributed by atoms with E-state index in [-0.39, 0.29) is 10.9 Å². The highest BCUT2D eigenvalue weighted by Crippen LogP contribution is 2.28. The average Bonchev–Trinajstić information content (AvgIpc) is 2.39. The summed E-state index contributed by atoms with van der Waals surface area (Å²) in [5.41, 5.74) is 5.45. The number of anilines is 1. The molecule has 5 heteroatoms. The van der Waals surface area contributed by atoms with Crippen LogP contribution in [0.3, 0.4) is 0 Å². The number of hydrogen-bond acceptors (Lipinski definition) is 3. The molecule has 1 aromatic carbocycles. The molecule has 0 aliphatic rings. The Morgan fingerprint density at radius 1 is 1.42 bits per heavy atom. The lowest BCUT2D eigenvalue weighted by Gasteiger charge is -2.26. The summed E-state index contributed by atoms with van der Waals surface area (Å²) < 4.78 is 5.47. The molecule has 0 aliphatic heterocycles. The molecule has 0 bridgehead atoms. The fourth-order valence-corrected chi connectivity index (χ4v) is 1.80. The van der Waals surface area contributed by atoms with Gasteiger partial charge >= 0.3 is 0 Å². The van der Waals surface area contributed by atoms with Crippen LogP contribution >= 0.6 is 12.2 Å². The summed E-state index contributed by atoms with van der Waals surface area (Å²) in [6.45, 7) is 6.05. The molecule has 3 N–H and O–H groups in total. The van der Waals surface area contributed by atoms with Gasteiger partial charge in [0.2, 0.25) is 5.91 Å². The van der Waals surface area contributed by atoms with Crippen molar-refractivity contribution in [2.24, 2.45) is 11.1 Å². The highest BCUT2D eigenvalue weighted by Gasteiger charge is 2.34. The molecule has 0 saturated carbocycles. The molecular formula is C14H20N2O2S. The predicted octanol–water partition coefficient (Wildman–Crippen LogP) is 2.73. The van der Waals surface area contributed by atoms with Gasteiger partial charge in [0, 0.05) is 0 Å². The Morgan fingerprint density at radius 3 is 2.58 bits per heavy atom. The maximum atomic E-state index is 12.3. The molecular weight excluding hydrogens is 260 g/mol. The summed E-state index contributed by atoms with van der Waals surface area (Å²) in [5.74, 6) is 0.425. The van der Waals surface area contributed by atoms with Crippen molar-refractivity contribution in [3.8, 4) is 5.75 Å². The third-order valence-corrected chi connectivity index (χ3v) is 3.64. The Labute approximate surface area is 119 Å². The van der Waals surface area contributed by atoms with Crippen molar-refractivity contribution < 1.29 is 9.53 Å². The fraction of sp³-hybridized carbons (Fsp3) is 0.429. The lowest BCUT2D eigenvalue weighted by atomic mass is 9.86. The standard InChI is InChI=1S/C14H20N2O2S/c1-4-14(3,12(15)19)13(17)16-10-8-6-7-9-11(10)18-5-2/h6-9H,4-5H2,1-3H3,(H2,15,19)(H,16,17). The third-order valence-electron chi connectivity index (χ3n) is 3.19. The number of thiocarbonyl (C=S) groups is 1. The molecule has 0 spiro atoms. The van der Waals surface area contributed by atoms with E-state index in [1.165, 1.54) is 0 Å². The molecule has 0 fully saturated rings. The Hall–Kier alpha value is -1.62. The van der Waals surface area contributed by atoms with E-state index in [2.05, 4.69) is 5.32 Å². The van der Waals surface area contributed by atoms with Gasteiger partial charge in [-0.2, -0.15) is 0 Å². The minimum Gasteiger partial charge on any atom is -0.492 e. The van der Waals surface area contributed by atoms with Gasteiger partial charge in [-0.1, -0.05) is 31.3 Å². The number of nitrogens with one attached hydrogen (secondary N) is 1. The Kier molecular flexibility index (Phi) is 5.30. The number of rotatable bonds is 6. The predicted molar refractivity (Wildman–Crippen MR) is 81.4 cm³/mol. The van der Waals surface area contributed by atoms with Crippen LogP contribution in [0.15, 0.2) is 24.3 Å². The molecule has 0 heterocycles. The maximum Gasteiger partial charge on any atom is 0.237 e. The Morgan fingerprint density at radius 2 is 2.05 bits per heavy atom. The van der Waals surface area contributed by atoms with Crippen LogP contribution in [0.25, 0.3) is 0 Å². The van der Waals surface area contributed by atoms with E-state index >= 15 is 0 Å². The molecule has 19 heavy (non-hydrogen) atoms. The zero-order chi connectivity index (χ0) is 14.5. The summed E-state index contributed by atoms with van der Waals surface area (Å²) in [6.07, 6.45) is 0.547. The number of benzene rings is 1. The molecule has 104 valence electrons. The molecule has 0 radical (unpaired) electrons. The zero-order valence-electron chi connectivity index (χ0n) is 11.5. The maximum absolute atomic E-state index is 12.3. The second-order valence-corrected chi connectivity index (χ2v) is 4.87. The first-order valence-electron chi connectivity index (χ1n) is 6.28. The first-order valence-corrected chi connectivity index (χ1v) is 6.69. The Balaban J connectivity index is 2.96. The van der Waals surface area contributed by atoms with Crippen LogP contribution in [0.1, 0.15) is 27.2 Å². The summed E-state index contributed by atoms with van der Waals surface area (Å²) in [5, 5.41) is 2.84. The van der Waals surface area contributed by atoms with Crippen molar-refractivity contribution in [2.45, 2.75) is 27.2 Å². The molecule has 0 aromatic heterocycles. The molecule has 1 rings (SSSR count). The van der Waals surface area contributed by atoms with Gasteiger partial charge in [-0.05, 0) is 32.4 Å². The van der Waals surface area contributed by atoms with E-state index in [0.29, 0.717) is 24.5 Å². The van der Waals surface area contributed by atoms with Crippen molar-refractivity contribution in [1.82, 2.24) is 0 Å². The minimum absolute atomic E-state index is 0.196. The van der Waals surface area contributed by atoms with Gasteiger partial charge in [0.05, 0.1) is 22.7 Å². The second kappa shape index (κ2) is 6.52. The zero-order valence-corrected chi connectivity index (χ0v) is 12.3. The van der Waals surface area contributed by atoms with Crippen LogP contribution in [-0.2, 0) is 4.79 Å². The highest BCUT2D eigenvalue weighted by molar-refractivity contribution is 7.80. The monoisotopic (exact) mass is 280 g/mol. The number of amides is 1. The highest BCUT2D eigenvalue weighted by atomic mass is 32.1. The molecule has 0 saturated heterocycles. The van der Waals surface area contributed by atoms with Gasteiger partial charge in [-0.15, -0.1) is 0 Å².